The minimum absolute atomic E-state index is 0.0401. The summed E-state index contributed by atoms with van der Waals surface area (Å²) in [6, 6.07) is 8.06. The maximum Gasteiger partial charge on any atom is 0.263 e. The maximum absolute atomic E-state index is 12.4. The largest absolute Gasteiger partial charge is 0.359 e. The maximum atomic E-state index is 12.4. The van der Waals surface area contributed by atoms with E-state index in [0.717, 1.165) is 48.3 Å². The van der Waals surface area contributed by atoms with Gasteiger partial charge < -0.3 is 21.4 Å². The smallest absolute Gasteiger partial charge is 0.263 e. The molecule has 3 rings (SSSR count). The van der Waals surface area contributed by atoms with Gasteiger partial charge >= 0.3 is 0 Å². The molecule has 0 saturated carbocycles. The summed E-state index contributed by atoms with van der Waals surface area (Å²) in [5.41, 5.74) is 10.4. The summed E-state index contributed by atoms with van der Waals surface area (Å²) in [4.78, 5) is 36.4. The Morgan fingerprint density at radius 3 is 2.84 bits per heavy atom. The summed E-state index contributed by atoms with van der Waals surface area (Å²) in [6.07, 6.45) is 7.51. The molecule has 0 aliphatic heterocycles. The molecule has 2 heterocycles. The molecule has 1 aromatic carbocycles. The van der Waals surface area contributed by atoms with Crippen molar-refractivity contribution in [3.05, 3.63) is 58.4 Å². The van der Waals surface area contributed by atoms with E-state index in [4.69, 9.17) is 5.73 Å². The monoisotopic (exact) mass is 454 g/mol. The number of unbranched alkanes of at least 4 members (excludes halogenated alkanes) is 2. The van der Waals surface area contributed by atoms with E-state index in [1.807, 2.05) is 24.4 Å². The van der Waals surface area contributed by atoms with E-state index >= 15 is 0 Å². The third kappa shape index (κ3) is 6.73. The molecule has 2 aromatic heterocycles. The number of rotatable bonds is 12. The number of thiazole rings is 1. The number of benzene rings is 1. The molecule has 3 aromatic rings. The van der Waals surface area contributed by atoms with Crippen molar-refractivity contribution in [2.45, 2.75) is 44.6 Å². The Bertz CT molecular complexity index is 1000. The first-order valence-corrected chi connectivity index (χ1v) is 11.7. The first kappa shape index (κ1) is 23.6. The average Bonchev–Trinajstić information content (AvgIpc) is 3.53. The van der Waals surface area contributed by atoms with E-state index in [1.54, 1.807) is 18.8 Å². The number of aromatic nitrogens is 3. The van der Waals surface area contributed by atoms with Gasteiger partial charge in [0.25, 0.3) is 5.91 Å². The van der Waals surface area contributed by atoms with Gasteiger partial charge in [0.15, 0.2) is 0 Å². The van der Waals surface area contributed by atoms with Crippen LogP contribution >= 0.6 is 11.3 Å². The molecule has 8 nitrogen and oxygen atoms in total. The molecule has 0 fully saturated rings. The second-order valence-electron chi connectivity index (χ2n) is 7.63. The molecule has 9 heteroatoms. The molecule has 0 bridgehead atoms. The van der Waals surface area contributed by atoms with Crippen LogP contribution in [0.5, 0.6) is 0 Å². The van der Waals surface area contributed by atoms with Crippen LogP contribution < -0.4 is 16.4 Å². The van der Waals surface area contributed by atoms with Crippen molar-refractivity contribution in [3.8, 4) is 11.3 Å². The first-order chi connectivity index (χ1) is 15.6. The summed E-state index contributed by atoms with van der Waals surface area (Å²) in [6.45, 7) is 0.957. The second kappa shape index (κ2) is 12.1. The highest BCUT2D eigenvalue weighted by atomic mass is 32.1. The van der Waals surface area contributed by atoms with Crippen molar-refractivity contribution in [1.29, 1.82) is 0 Å². The SMILES string of the molecule is CNC(=O)CCCCCC(CNC(=O)c1cncs1)c1ncc(-c2cccc(CN)c2)[nH]1. The lowest BCUT2D eigenvalue weighted by molar-refractivity contribution is -0.120. The van der Waals surface area contributed by atoms with Crippen LogP contribution in [0.15, 0.2) is 42.2 Å². The molecule has 2 amide bonds. The van der Waals surface area contributed by atoms with Crippen molar-refractivity contribution >= 4 is 23.2 Å². The summed E-state index contributed by atoms with van der Waals surface area (Å²) in [5, 5.41) is 5.66. The Labute approximate surface area is 192 Å². The normalized spacial score (nSPS) is 11.8. The Morgan fingerprint density at radius 2 is 2.09 bits per heavy atom. The van der Waals surface area contributed by atoms with Crippen LogP contribution in [0.2, 0.25) is 0 Å². The fourth-order valence-corrected chi connectivity index (χ4v) is 4.04. The Balaban J connectivity index is 1.66. The number of amides is 2. The van der Waals surface area contributed by atoms with E-state index in [2.05, 4.69) is 31.7 Å². The number of imidazole rings is 1. The van der Waals surface area contributed by atoms with Gasteiger partial charge in [0.2, 0.25) is 5.91 Å². The minimum atomic E-state index is -0.125. The highest BCUT2D eigenvalue weighted by molar-refractivity contribution is 7.11. The van der Waals surface area contributed by atoms with Gasteiger partial charge in [-0.05, 0) is 30.0 Å². The van der Waals surface area contributed by atoms with Crippen LogP contribution in [-0.4, -0.2) is 40.4 Å². The molecule has 5 N–H and O–H groups in total. The molecule has 0 radical (unpaired) electrons. The number of carbonyl (C=O) groups excluding carboxylic acids is 2. The summed E-state index contributed by atoms with van der Waals surface area (Å²) in [7, 11) is 1.65. The summed E-state index contributed by atoms with van der Waals surface area (Å²) in [5.74, 6) is 0.820. The Hall–Kier alpha value is -3.04. The van der Waals surface area contributed by atoms with Crippen molar-refractivity contribution in [2.75, 3.05) is 13.6 Å². The number of hydrogen-bond donors (Lipinski definition) is 4. The summed E-state index contributed by atoms with van der Waals surface area (Å²) < 4.78 is 0. The van der Waals surface area contributed by atoms with Crippen LogP contribution in [0.1, 0.15) is 59.1 Å². The lowest BCUT2D eigenvalue weighted by Gasteiger charge is -2.15. The van der Waals surface area contributed by atoms with E-state index in [0.29, 0.717) is 24.4 Å². The molecule has 1 unspecified atom stereocenters. The average molecular weight is 455 g/mol. The molecule has 0 saturated heterocycles. The lowest BCUT2D eigenvalue weighted by Crippen LogP contribution is -2.28. The van der Waals surface area contributed by atoms with E-state index < -0.39 is 0 Å². The third-order valence-corrected chi connectivity index (χ3v) is 6.13. The van der Waals surface area contributed by atoms with E-state index in [1.165, 1.54) is 11.3 Å². The van der Waals surface area contributed by atoms with E-state index in [9.17, 15) is 9.59 Å². The lowest BCUT2D eigenvalue weighted by atomic mass is 9.99. The molecular weight excluding hydrogens is 424 g/mol. The van der Waals surface area contributed by atoms with Crippen molar-refractivity contribution < 1.29 is 9.59 Å². The zero-order chi connectivity index (χ0) is 22.8. The van der Waals surface area contributed by atoms with Crippen LogP contribution in [0.3, 0.4) is 0 Å². The van der Waals surface area contributed by atoms with Gasteiger partial charge in [-0.3, -0.25) is 14.6 Å². The zero-order valence-corrected chi connectivity index (χ0v) is 19.1. The Morgan fingerprint density at radius 1 is 1.22 bits per heavy atom. The predicted molar refractivity (Wildman–Crippen MR) is 126 cm³/mol. The Kier molecular flexibility index (Phi) is 8.94. The van der Waals surface area contributed by atoms with Gasteiger partial charge in [-0.1, -0.05) is 31.0 Å². The number of nitrogens with zero attached hydrogens (tertiary/aromatic N) is 2. The fraction of sp³-hybridized carbons (Fsp3) is 0.391. The van der Waals surface area contributed by atoms with E-state index in [-0.39, 0.29) is 17.7 Å². The molecular formula is C23H30N6O2S. The minimum Gasteiger partial charge on any atom is -0.359 e. The third-order valence-electron chi connectivity index (χ3n) is 5.36. The number of nitrogens with one attached hydrogen (secondary N) is 3. The standard InChI is InChI=1S/C23H30N6O2S/c1-25-21(30)9-4-2-3-7-18(12-28-23(31)20-14-26-15-32-20)22-27-13-19(29-22)17-8-5-6-16(10-17)11-24/h5-6,8,10,13-15,18H,2-4,7,9,11-12,24H2,1H3,(H,25,30)(H,27,29)(H,28,31). The number of nitrogens with two attached hydrogens (primary N) is 1. The number of aromatic amines is 1. The van der Waals surface area contributed by atoms with Crippen molar-refractivity contribution in [1.82, 2.24) is 25.6 Å². The van der Waals surface area contributed by atoms with Crippen LogP contribution in [0.4, 0.5) is 0 Å². The molecule has 0 aliphatic carbocycles. The van der Waals surface area contributed by atoms with Crippen LogP contribution in [-0.2, 0) is 11.3 Å². The number of H-pyrrole nitrogens is 1. The van der Waals surface area contributed by atoms with Crippen molar-refractivity contribution in [2.24, 2.45) is 5.73 Å². The van der Waals surface area contributed by atoms with Gasteiger partial charge in [0, 0.05) is 32.5 Å². The number of carbonyl (C=O) groups is 2. The number of hydrogen-bond acceptors (Lipinski definition) is 6. The van der Waals surface area contributed by atoms with Gasteiger partial charge in [0.05, 0.1) is 23.6 Å². The molecule has 170 valence electrons. The van der Waals surface area contributed by atoms with Gasteiger partial charge in [-0.25, -0.2) is 4.98 Å². The topological polar surface area (TPSA) is 126 Å². The molecule has 0 aliphatic rings. The fourth-order valence-electron chi connectivity index (χ4n) is 3.50. The highest BCUT2D eigenvalue weighted by Gasteiger charge is 2.18. The quantitative estimate of drug-likeness (QED) is 0.313. The highest BCUT2D eigenvalue weighted by Crippen LogP contribution is 2.24. The molecule has 32 heavy (non-hydrogen) atoms. The molecule has 1 atom stereocenters. The van der Waals surface area contributed by atoms with Crippen molar-refractivity contribution in [3.63, 3.8) is 0 Å². The van der Waals surface area contributed by atoms with Gasteiger partial charge in [0.1, 0.15) is 10.7 Å². The van der Waals surface area contributed by atoms with Gasteiger partial charge in [-0.15, -0.1) is 11.3 Å². The molecule has 0 spiro atoms. The predicted octanol–water partition coefficient (Wildman–Crippen LogP) is 3.20. The first-order valence-electron chi connectivity index (χ1n) is 10.8. The van der Waals surface area contributed by atoms with Crippen LogP contribution in [0.25, 0.3) is 11.3 Å². The van der Waals surface area contributed by atoms with Crippen LogP contribution in [0, 0.1) is 0 Å². The summed E-state index contributed by atoms with van der Waals surface area (Å²) >= 11 is 1.32. The second-order valence-corrected chi connectivity index (χ2v) is 8.52. The van der Waals surface area contributed by atoms with Gasteiger partial charge in [-0.2, -0.15) is 0 Å². The zero-order valence-electron chi connectivity index (χ0n) is 18.3.